The zero-order valence-electron chi connectivity index (χ0n) is 15.0. The summed E-state index contributed by atoms with van der Waals surface area (Å²) >= 11 is 0. The lowest BCUT2D eigenvalue weighted by Crippen LogP contribution is -2.26. The van der Waals surface area contributed by atoms with Crippen molar-refractivity contribution in [1.82, 2.24) is 10.0 Å². The number of hydrogen-bond acceptors (Lipinski definition) is 4. The first-order chi connectivity index (χ1) is 12.4. The van der Waals surface area contributed by atoms with Gasteiger partial charge in [-0.1, -0.05) is 35.9 Å². The Morgan fingerprint density at radius 3 is 2.62 bits per heavy atom. The number of rotatable bonds is 9. The van der Waals surface area contributed by atoms with Gasteiger partial charge in [0.2, 0.25) is 10.0 Å². The van der Waals surface area contributed by atoms with Gasteiger partial charge in [-0.15, -0.1) is 0 Å². The highest BCUT2D eigenvalue weighted by Crippen LogP contribution is 2.12. The highest BCUT2D eigenvalue weighted by atomic mass is 32.2. The van der Waals surface area contributed by atoms with Crippen molar-refractivity contribution in [2.75, 3.05) is 20.3 Å². The third kappa shape index (κ3) is 5.94. The van der Waals surface area contributed by atoms with E-state index in [1.807, 2.05) is 31.2 Å². The van der Waals surface area contributed by atoms with E-state index in [1.54, 1.807) is 19.2 Å². The first-order valence-corrected chi connectivity index (χ1v) is 9.83. The Bertz CT molecular complexity index is 850. The van der Waals surface area contributed by atoms with Crippen LogP contribution in [-0.4, -0.2) is 34.6 Å². The quantitative estimate of drug-likeness (QED) is 0.658. The van der Waals surface area contributed by atoms with E-state index in [2.05, 4.69) is 10.0 Å². The molecule has 0 aliphatic carbocycles. The summed E-state index contributed by atoms with van der Waals surface area (Å²) in [5.41, 5.74) is 2.41. The Hall–Kier alpha value is -2.22. The van der Waals surface area contributed by atoms with Crippen molar-refractivity contribution in [3.05, 3.63) is 65.2 Å². The molecular weight excluding hydrogens is 352 g/mol. The van der Waals surface area contributed by atoms with E-state index in [0.717, 1.165) is 11.1 Å². The summed E-state index contributed by atoms with van der Waals surface area (Å²) in [7, 11) is -2.09. The van der Waals surface area contributed by atoms with Gasteiger partial charge >= 0.3 is 0 Å². The van der Waals surface area contributed by atoms with Crippen molar-refractivity contribution in [3.63, 3.8) is 0 Å². The van der Waals surface area contributed by atoms with Gasteiger partial charge in [0.15, 0.2) is 0 Å². The third-order valence-corrected chi connectivity index (χ3v) is 5.22. The van der Waals surface area contributed by atoms with Gasteiger partial charge in [0.1, 0.15) is 0 Å². The maximum Gasteiger partial charge on any atom is 0.251 e. The summed E-state index contributed by atoms with van der Waals surface area (Å²) in [5, 5.41) is 2.81. The average Bonchev–Trinajstić information content (AvgIpc) is 2.63. The molecule has 2 aromatic rings. The SMILES string of the molecule is COCCCNS(=O)(=O)c1cccc(C(=O)NCc2cccc(C)c2)c1. The molecule has 6 nitrogen and oxygen atoms in total. The van der Waals surface area contributed by atoms with Crippen molar-refractivity contribution in [1.29, 1.82) is 0 Å². The van der Waals surface area contributed by atoms with Gasteiger partial charge in [-0.05, 0) is 37.1 Å². The number of sulfonamides is 1. The number of ether oxygens (including phenoxy) is 1. The Kier molecular flexibility index (Phi) is 7.32. The zero-order chi connectivity index (χ0) is 19.0. The third-order valence-electron chi connectivity index (χ3n) is 3.76. The molecule has 2 aromatic carbocycles. The minimum atomic E-state index is -3.66. The van der Waals surface area contributed by atoms with Crippen molar-refractivity contribution < 1.29 is 17.9 Å². The number of carbonyl (C=O) groups excluding carboxylic acids is 1. The molecule has 0 saturated carbocycles. The monoisotopic (exact) mass is 376 g/mol. The molecule has 0 aliphatic heterocycles. The van der Waals surface area contributed by atoms with E-state index in [4.69, 9.17) is 4.74 Å². The summed E-state index contributed by atoms with van der Waals surface area (Å²) in [6.07, 6.45) is 0.576. The van der Waals surface area contributed by atoms with Crippen LogP contribution >= 0.6 is 0 Å². The second kappa shape index (κ2) is 9.47. The number of amides is 1. The van der Waals surface area contributed by atoms with Gasteiger partial charge in [-0.2, -0.15) is 0 Å². The molecule has 0 aliphatic rings. The van der Waals surface area contributed by atoms with Crippen molar-refractivity contribution in [2.24, 2.45) is 0 Å². The van der Waals surface area contributed by atoms with Gasteiger partial charge in [0.05, 0.1) is 4.90 Å². The van der Waals surface area contributed by atoms with Gasteiger partial charge < -0.3 is 10.1 Å². The molecule has 26 heavy (non-hydrogen) atoms. The van der Waals surface area contributed by atoms with Crippen LogP contribution in [0.15, 0.2) is 53.4 Å². The summed E-state index contributed by atoms with van der Waals surface area (Å²) < 4.78 is 32.0. The molecular formula is C19H24N2O4S. The van der Waals surface area contributed by atoms with Gasteiger partial charge in [0.25, 0.3) is 5.91 Å². The second-order valence-electron chi connectivity index (χ2n) is 5.94. The number of methoxy groups -OCH3 is 1. The Labute approximate surface area is 154 Å². The largest absolute Gasteiger partial charge is 0.385 e. The molecule has 0 fully saturated rings. The molecule has 140 valence electrons. The minimum absolute atomic E-state index is 0.0677. The van der Waals surface area contributed by atoms with E-state index in [9.17, 15) is 13.2 Å². The average molecular weight is 376 g/mol. The molecule has 0 unspecified atom stereocenters. The fourth-order valence-corrected chi connectivity index (χ4v) is 3.54. The lowest BCUT2D eigenvalue weighted by molar-refractivity contribution is 0.0950. The van der Waals surface area contributed by atoms with Crippen LogP contribution in [0.1, 0.15) is 27.9 Å². The summed E-state index contributed by atoms with van der Waals surface area (Å²) in [4.78, 5) is 12.4. The van der Waals surface area contributed by atoms with Crippen LogP contribution in [-0.2, 0) is 21.3 Å². The highest BCUT2D eigenvalue weighted by molar-refractivity contribution is 7.89. The number of carbonyl (C=O) groups is 1. The molecule has 7 heteroatoms. The van der Waals surface area contributed by atoms with Crippen LogP contribution in [0.4, 0.5) is 0 Å². The normalized spacial score (nSPS) is 11.3. The van der Waals surface area contributed by atoms with Crippen LogP contribution in [0.2, 0.25) is 0 Å². The van der Waals surface area contributed by atoms with E-state index in [1.165, 1.54) is 12.1 Å². The van der Waals surface area contributed by atoms with Gasteiger partial charge in [-0.25, -0.2) is 13.1 Å². The van der Waals surface area contributed by atoms with Crippen LogP contribution < -0.4 is 10.0 Å². The summed E-state index contributed by atoms with van der Waals surface area (Å²) in [6, 6.07) is 13.8. The zero-order valence-corrected chi connectivity index (χ0v) is 15.8. The number of nitrogens with one attached hydrogen (secondary N) is 2. The predicted molar refractivity (Wildman–Crippen MR) is 100 cm³/mol. The Morgan fingerprint density at radius 2 is 1.88 bits per heavy atom. The lowest BCUT2D eigenvalue weighted by Gasteiger charge is -2.09. The summed E-state index contributed by atoms with van der Waals surface area (Å²) in [6.45, 7) is 3.12. The van der Waals surface area contributed by atoms with E-state index in [0.29, 0.717) is 25.1 Å². The number of hydrogen-bond donors (Lipinski definition) is 2. The topological polar surface area (TPSA) is 84.5 Å². The van der Waals surface area contributed by atoms with Crippen LogP contribution in [0.3, 0.4) is 0 Å². The van der Waals surface area contributed by atoms with Crippen molar-refractivity contribution >= 4 is 15.9 Å². The molecule has 0 saturated heterocycles. The smallest absolute Gasteiger partial charge is 0.251 e. The molecule has 0 aromatic heterocycles. The minimum Gasteiger partial charge on any atom is -0.385 e. The van der Waals surface area contributed by atoms with E-state index in [-0.39, 0.29) is 17.3 Å². The number of benzene rings is 2. The standard InChI is InChI=1S/C19H24N2O4S/c1-15-6-3-7-16(12-15)14-20-19(22)17-8-4-9-18(13-17)26(23,24)21-10-5-11-25-2/h3-4,6-9,12-13,21H,5,10-11,14H2,1-2H3,(H,20,22). The fourth-order valence-electron chi connectivity index (χ4n) is 2.42. The highest BCUT2D eigenvalue weighted by Gasteiger charge is 2.15. The van der Waals surface area contributed by atoms with E-state index >= 15 is 0 Å². The van der Waals surface area contributed by atoms with Gasteiger partial charge in [-0.3, -0.25) is 4.79 Å². The summed E-state index contributed by atoms with van der Waals surface area (Å²) in [5.74, 6) is -0.317. The number of aryl methyl sites for hydroxylation is 1. The van der Waals surface area contributed by atoms with Crippen LogP contribution in [0.25, 0.3) is 0 Å². The maximum absolute atomic E-state index is 12.3. The van der Waals surface area contributed by atoms with Crippen LogP contribution in [0.5, 0.6) is 0 Å². The first kappa shape index (κ1) is 20.1. The molecule has 0 radical (unpaired) electrons. The fraction of sp³-hybridized carbons (Fsp3) is 0.316. The lowest BCUT2D eigenvalue weighted by atomic mass is 10.1. The van der Waals surface area contributed by atoms with Crippen LogP contribution in [0, 0.1) is 6.92 Å². The first-order valence-electron chi connectivity index (χ1n) is 8.35. The molecule has 0 heterocycles. The Morgan fingerprint density at radius 1 is 1.12 bits per heavy atom. The molecule has 2 rings (SSSR count). The molecule has 0 atom stereocenters. The molecule has 0 bridgehead atoms. The molecule has 0 spiro atoms. The molecule has 2 N–H and O–H groups in total. The van der Waals surface area contributed by atoms with Gasteiger partial charge in [0, 0.05) is 32.4 Å². The molecule has 1 amide bonds. The van der Waals surface area contributed by atoms with Crippen molar-refractivity contribution in [3.8, 4) is 0 Å². The van der Waals surface area contributed by atoms with E-state index < -0.39 is 10.0 Å². The second-order valence-corrected chi connectivity index (χ2v) is 7.71. The predicted octanol–water partition coefficient (Wildman–Crippen LogP) is 2.24. The van der Waals surface area contributed by atoms with Crippen molar-refractivity contribution in [2.45, 2.75) is 24.8 Å². The Balaban J connectivity index is 2.02. The maximum atomic E-state index is 12.3.